The molecule has 1 fully saturated rings. The number of nitrogens with zero attached hydrogens (tertiary/aromatic N) is 2. The summed E-state index contributed by atoms with van der Waals surface area (Å²) in [6.07, 6.45) is 1.22. The summed E-state index contributed by atoms with van der Waals surface area (Å²) >= 11 is 0. The molecule has 3 N–H and O–H groups in total. The van der Waals surface area contributed by atoms with Crippen molar-refractivity contribution < 1.29 is 9.72 Å². The normalized spacial score (nSPS) is 20.1. The lowest BCUT2D eigenvalue weighted by Crippen LogP contribution is -2.32. The molecule has 7 nitrogen and oxygen atoms in total. The van der Waals surface area contributed by atoms with E-state index in [1.54, 1.807) is 4.90 Å². The fraction of sp³-hybridized carbons (Fsp3) is 0.267. The van der Waals surface area contributed by atoms with Crippen molar-refractivity contribution in [1.29, 1.82) is 0 Å². The molecule has 0 aliphatic carbocycles. The van der Waals surface area contributed by atoms with Crippen molar-refractivity contribution in [3.05, 3.63) is 64.0 Å². The molecule has 1 aromatic heterocycles. The van der Waals surface area contributed by atoms with E-state index < -0.39 is 4.92 Å². The van der Waals surface area contributed by atoms with Crippen LogP contribution in [0.25, 0.3) is 0 Å². The Morgan fingerprint density at radius 3 is 2.61 bits per heavy atom. The van der Waals surface area contributed by atoms with E-state index in [0.29, 0.717) is 13.1 Å². The van der Waals surface area contributed by atoms with Gasteiger partial charge in [-0.05, 0) is 5.56 Å². The lowest BCUT2D eigenvalue weighted by Gasteiger charge is -2.15. The highest BCUT2D eigenvalue weighted by atomic mass is 35.5. The monoisotopic (exact) mass is 336 g/mol. The minimum Gasteiger partial charge on any atom is -0.351 e. The molecule has 1 aliphatic rings. The average molecular weight is 337 g/mol. The molecule has 2 heterocycles. The number of aromatic nitrogens is 1. The summed E-state index contributed by atoms with van der Waals surface area (Å²) in [6, 6.07) is 10.9. The lowest BCUT2D eigenvalue weighted by molar-refractivity contribution is -0.384. The second-order valence-electron chi connectivity index (χ2n) is 5.42. The summed E-state index contributed by atoms with van der Waals surface area (Å²) in [4.78, 5) is 26.9. The Kier molecular flexibility index (Phi) is 5.02. The van der Waals surface area contributed by atoms with E-state index in [1.807, 2.05) is 30.3 Å². The van der Waals surface area contributed by atoms with Crippen LogP contribution in [-0.2, 0) is 0 Å². The maximum atomic E-state index is 12.4. The Morgan fingerprint density at radius 1 is 1.30 bits per heavy atom. The first-order valence-electron chi connectivity index (χ1n) is 6.99. The van der Waals surface area contributed by atoms with Crippen molar-refractivity contribution in [1.82, 2.24) is 9.88 Å². The maximum absolute atomic E-state index is 12.4. The summed E-state index contributed by atoms with van der Waals surface area (Å²) in [7, 11) is 0. The molecular formula is C15H17ClN4O3. The molecule has 2 atom stereocenters. The highest BCUT2D eigenvalue weighted by molar-refractivity contribution is 5.93. The molecule has 0 saturated carbocycles. The van der Waals surface area contributed by atoms with E-state index >= 15 is 0 Å². The lowest BCUT2D eigenvalue weighted by atomic mass is 9.95. The van der Waals surface area contributed by atoms with Crippen LogP contribution in [0.15, 0.2) is 42.6 Å². The summed E-state index contributed by atoms with van der Waals surface area (Å²) in [5.41, 5.74) is 7.35. The molecule has 122 valence electrons. The van der Waals surface area contributed by atoms with Gasteiger partial charge in [-0.25, -0.2) is 0 Å². The molecular weight excluding hydrogens is 320 g/mol. The molecule has 1 aliphatic heterocycles. The van der Waals surface area contributed by atoms with Gasteiger partial charge in [0.05, 0.1) is 11.1 Å². The van der Waals surface area contributed by atoms with E-state index in [9.17, 15) is 14.9 Å². The van der Waals surface area contributed by atoms with Gasteiger partial charge in [0.15, 0.2) is 0 Å². The smallest absolute Gasteiger partial charge is 0.287 e. The second-order valence-corrected chi connectivity index (χ2v) is 5.42. The molecule has 0 bridgehead atoms. The Bertz CT molecular complexity index is 704. The number of H-pyrrole nitrogens is 1. The molecule has 0 unspecified atom stereocenters. The second kappa shape index (κ2) is 6.80. The minimum absolute atomic E-state index is 0. The molecule has 0 spiro atoms. The van der Waals surface area contributed by atoms with Crippen LogP contribution in [0, 0.1) is 10.1 Å². The summed E-state index contributed by atoms with van der Waals surface area (Å²) in [5, 5.41) is 10.7. The Hall–Kier alpha value is -2.38. The zero-order valence-electron chi connectivity index (χ0n) is 12.2. The number of amides is 1. The van der Waals surface area contributed by atoms with Crippen LogP contribution < -0.4 is 5.73 Å². The van der Waals surface area contributed by atoms with Crippen LogP contribution in [0.3, 0.4) is 0 Å². The van der Waals surface area contributed by atoms with Crippen molar-refractivity contribution >= 4 is 24.0 Å². The first kappa shape index (κ1) is 17.0. The van der Waals surface area contributed by atoms with Gasteiger partial charge in [-0.2, -0.15) is 0 Å². The van der Waals surface area contributed by atoms with Gasteiger partial charge in [0.1, 0.15) is 5.69 Å². The minimum atomic E-state index is -0.532. The largest absolute Gasteiger partial charge is 0.351 e. The molecule has 3 rings (SSSR count). The molecule has 23 heavy (non-hydrogen) atoms. The number of halogens is 1. The topological polar surface area (TPSA) is 105 Å². The SMILES string of the molecule is Cl.N[C@@H]1CN(C(=O)c2cc([N+](=O)[O-])c[nH]2)C[C@H]1c1ccccc1. The number of likely N-dealkylation sites (tertiary alicyclic amines) is 1. The average Bonchev–Trinajstić information content (AvgIpc) is 3.14. The van der Waals surface area contributed by atoms with Gasteiger partial charge in [-0.1, -0.05) is 30.3 Å². The molecule has 8 heteroatoms. The highest BCUT2D eigenvalue weighted by Crippen LogP contribution is 2.27. The number of aromatic amines is 1. The third-order valence-corrected chi connectivity index (χ3v) is 3.99. The fourth-order valence-electron chi connectivity index (χ4n) is 2.83. The Labute approximate surface area is 139 Å². The van der Waals surface area contributed by atoms with Gasteiger partial charge < -0.3 is 15.6 Å². The summed E-state index contributed by atoms with van der Waals surface area (Å²) in [5.74, 6) is -0.183. The van der Waals surface area contributed by atoms with Gasteiger partial charge in [0.2, 0.25) is 0 Å². The van der Waals surface area contributed by atoms with Crippen LogP contribution in [0.5, 0.6) is 0 Å². The maximum Gasteiger partial charge on any atom is 0.287 e. The third kappa shape index (κ3) is 3.35. The highest BCUT2D eigenvalue weighted by Gasteiger charge is 2.34. The van der Waals surface area contributed by atoms with Gasteiger partial charge in [-0.15, -0.1) is 12.4 Å². The fourth-order valence-corrected chi connectivity index (χ4v) is 2.83. The first-order chi connectivity index (χ1) is 10.6. The summed E-state index contributed by atoms with van der Waals surface area (Å²) in [6.45, 7) is 0.946. The van der Waals surface area contributed by atoms with E-state index in [4.69, 9.17) is 5.73 Å². The molecule has 0 radical (unpaired) electrons. The van der Waals surface area contributed by atoms with Crippen LogP contribution in [0.4, 0.5) is 5.69 Å². The van der Waals surface area contributed by atoms with E-state index in [1.165, 1.54) is 12.3 Å². The zero-order valence-corrected chi connectivity index (χ0v) is 13.0. The number of carbonyl (C=O) groups is 1. The van der Waals surface area contributed by atoms with Gasteiger partial charge >= 0.3 is 0 Å². The van der Waals surface area contributed by atoms with Crippen molar-refractivity contribution in [2.75, 3.05) is 13.1 Å². The quantitative estimate of drug-likeness (QED) is 0.659. The van der Waals surface area contributed by atoms with E-state index in [2.05, 4.69) is 4.98 Å². The number of benzene rings is 1. The number of nitrogens with one attached hydrogen (secondary N) is 1. The number of hydrogen-bond acceptors (Lipinski definition) is 4. The predicted octanol–water partition coefficient (Wildman–Crippen LogP) is 1.91. The van der Waals surface area contributed by atoms with Crippen molar-refractivity contribution in [3.63, 3.8) is 0 Å². The van der Waals surface area contributed by atoms with Crippen LogP contribution in [0.2, 0.25) is 0 Å². The number of nitro groups is 1. The summed E-state index contributed by atoms with van der Waals surface area (Å²) < 4.78 is 0. The van der Waals surface area contributed by atoms with Crippen molar-refractivity contribution in [3.8, 4) is 0 Å². The van der Waals surface area contributed by atoms with E-state index in [-0.39, 0.29) is 41.7 Å². The Balaban J connectivity index is 0.00000192. The number of rotatable bonds is 3. The Morgan fingerprint density at radius 2 is 2.00 bits per heavy atom. The van der Waals surface area contributed by atoms with E-state index in [0.717, 1.165) is 5.56 Å². The molecule has 1 amide bonds. The predicted molar refractivity (Wildman–Crippen MR) is 87.8 cm³/mol. The first-order valence-corrected chi connectivity index (χ1v) is 6.99. The standard InChI is InChI=1S/C15H16N4O3.ClH/c16-13-9-18(8-12(13)10-4-2-1-3-5-10)15(20)14-6-11(7-17-14)19(21)22;/h1-7,12-13,17H,8-9,16H2;1H/t12-,13+;/m0./s1. The number of carbonyl (C=O) groups excluding carboxylic acids is 1. The van der Waals surface area contributed by atoms with Crippen molar-refractivity contribution in [2.24, 2.45) is 5.73 Å². The third-order valence-electron chi connectivity index (χ3n) is 3.99. The van der Waals surface area contributed by atoms with Gasteiger partial charge in [-0.3, -0.25) is 14.9 Å². The van der Waals surface area contributed by atoms with Crippen LogP contribution >= 0.6 is 12.4 Å². The molecule has 1 aromatic carbocycles. The molecule has 2 aromatic rings. The van der Waals surface area contributed by atoms with Crippen LogP contribution in [-0.4, -0.2) is 39.8 Å². The van der Waals surface area contributed by atoms with Crippen LogP contribution in [0.1, 0.15) is 22.0 Å². The number of nitrogens with two attached hydrogens (primary N) is 1. The number of hydrogen-bond donors (Lipinski definition) is 2. The zero-order chi connectivity index (χ0) is 15.7. The van der Waals surface area contributed by atoms with Gasteiger partial charge in [0, 0.05) is 31.1 Å². The molecule has 1 saturated heterocycles. The van der Waals surface area contributed by atoms with Gasteiger partial charge in [0.25, 0.3) is 11.6 Å². The van der Waals surface area contributed by atoms with Crippen molar-refractivity contribution in [2.45, 2.75) is 12.0 Å².